The number of hydrogen-bond acceptors (Lipinski definition) is 1. The smallest absolute Gasteiger partial charge is 0.134 e. The first-order valence-corrected chi connectivity index (χ1v) is 7.83. The number of aromatic hydroxyl groups is 1. The molecule has 0 heterocycles. The van der Waals surface area contributed by atoms with Crippen LogP contribution in [0.4, 0.5) is 0 Å². The zero-order chi connectivity index (χ0) is 15.7. The normalized spacial score (nSPS) is 11.4. The molecule has 0 bridgehead atoms. The van der Waals surface area contributed by atoms with Crippen LogP contribution >= 0.6 is 11.6 Å². The highest BCUT2D eigenvalue weighted by atomic mass is 35.5. The van der Waals surface area contributed by atoms with Crippen LogP contribution in [0.15, 0.2) is 30.3 Å². The van der Waals surface area contributed by atoms with Crippen LogP contribution in [-0.4, -0.2) is 5.11 Å². The lowest BCUT2D eigenvalue weighted by atomic mass is 9.83. The average molecular weight is 303 g/mol. The van der Waals surface area contributed by atoms with Gasteiger partial charge in [-0.2, -0.15) is 0 Å². The van der Waals surface area contributed by atoms with Gasteiger partial charge in [0.25, 0.3) is 0 Å². The maximum Gasteiger partial charge on any atom is 0.134 e. The maximum atomic E-state index is 9.80. The first kappa shape index (κ1) is 15.9. The summed E-state index contributed by atoms with van der Waals surface area (Å²) in [6, 6.07) is 10.2. The van der Waals surface area contributed by atoms with E-state index in [4.69, 9.17) is 11.6 Å². The molecule has 0 amide bonds. The third-order valence-corrected chi connectivity index (χ3v) is 4.49. The maximum absolute atomic E-state index is 9.80. The Morgan fingerprint density at radius 2 is 1.43 bits per heavy atom. The molecule has 0 aliphatic heterocycles. The quantitative estimate of drug-likeness (QED) is 0.708. The molecule has 0 saturated heterocycles. The van der Waals surface area contributed by atoms with Gasteiger partial charge in [0.15, 0.2) is 0 Å². The number of hydrogen-bond donors (Lipinski definition) is 1. The van der Waals surface area contributed by atoms with E-state index in [2.05, 4.69) is 45.9 Å². The van der Waals surface area contributed by atoms with Gasteiger partial charge in [0.05, 0.1) is 5.02 Å². The molecule has 0 fully saturated rings. The van der Waals surface area contributed by atoms with E-state index in [0.717, 1.165) is 11.1 Å². The van der Waals surface area contributed by atoms with Crippen LogP contribution in [0.3, 0.4) is 0 Å². The summed E-state index contributed by atoms with van der Waals surface area (Å²) >= 11 is 6.25. The first-order valence-electron chi connectivity index (χ1n) is 7.45. The lowest BCUT2D eigenvalue weighted by molar-refractivity contribution is 0.475. The molecule has 2 aromatic carbocycles. The van der Waals surface area contributed by atoms with Crippen molar-refractivity contribution < 1.29 is 5.11 Å². The van der Waals surface area contributed by atoms with Gasteiger partial charge in [-0.3, -0.25) is 0 Å². The number of benzene rings is 2. The molecule has 2 rings (SSSR count). The molecule has 0 aliphatic rings. The van der Waals surface area contributed by atoms with E-state index in [1.165, 1.54) is 16.7 Å². The summed E-state index contributed by atoms with van der Waals surface area (Å²) < 4.78 is 0. The van der Waals surface area contributed by atoms with Gasteiger partial charge in [0.2, 0.25) is 0 Å². The second kappa shape index (κ2) is 6.11. The largest absolute Gasteiger partial charge is 0.506 e. The summed E-state index contributed by atoms with van der Waals surface area (Å²) in [5, 5.41) is 10.2. The minimum Gasteiger partial charge on any atom is -0.506 e. The monoisotopic (exact) mass is 302 g/mol. The van der Waals surface area contributed by atoms with Gasteiger partial charge < -0.3 is 5.11 Å². The Balaban J connectivity index is 2.81. The second-order valence-corrected chi connectivity index (χ2v) is 6.57. The lowest BCUT2D eigenvalue weighted by Gasteiger charge is -2.21. The molecule has 1 nitrogen and oxygen atoms in total. The molecular formula is C19H23ClO. The van der Waals surface area contributed by atoms with Crippen LogP contribution in [0.1, 0.15) is 56.2 Å². The molecule has 2 aromatic rings. The summed E-state index contributed by atoms with van der Waals surface area (Å²) in [5.74, 6) is 1.02. The summed E-state index contributed by atoms with van der Waals surface area (Å²) in [6.07, 6.45) is 0. The third kappa shape index (κ3) is 2.94. The van der Waals surface area contributed by atoms with E-state index >= 15 is 0 Å². The van der Waals surface area contributed by atoms with Gasteiger partial charge >= 0.3 is 0 Å². The Kier molecular flexibility index (Phi) is 4.63. The van der Waals surface area contributed by atoms with Crippen LogP contribution in [-0.2, 0) is 0 Å². The van der Waals surface area contributed by atoms with Crippen molar-refractivity contribution in [1.29, 1.82) is 0 Å². The Labute approximate surface area is 132 Å². The van der Waals surface area contributed by atoms with Crippen LogP contribution in [0.2, 0.25) is 5.02 Å². The van der Waals surface area contributed by atoms with Crippen molar-refractivity contribution >= 4 is 11.6 Å². The van der Waals surface area contributed by atoms with Crippen molar-refractivity contribution in [2.45, 2.75) is 46.5 Å². The fraction of sp³-hybridized carbons (Fsp3) is 0.368. The van der Waals surface area contributed by atoms with Gasteiger partial charge in [-0.15, -0.1) is 0 Å². The molecule has 0 radical (unpaired) electrons. The summed E-state index contributed by atoms with van der Waals surface area (Å²) in [7, 11) is 0. The van der Waals surface area contributed by atoms with Crippen LogP contribution in [0, 0.1) is 6.92 Å². The van der Waals surface area contributed by atoms with E-state index in [0.29, 0.717) is 16.9 Å². The van der Waals surface area contributed by atoms with Gasteiger partial charge in [0, 0.05) is 0 Å². The number of phenols is 1. The molecule has 21 heavy (non-hydrogen) atoms. The molecule has 0 saturated carbocycles. The highest BCUT2D eigenvalue weighted by molar-refractivity contribution is 6.33. The van der Waals surface area contributed by atoms with Gasteiger partial charge in [0.1, 0.15) is 5.75 Å². The summed E-state index contributed by atoms with van der Waals surface area (Å²) in [4.78, 5) is 0. The van der Waals surface area contributed by atoms with Crippen LogP contribution < -0.4 is 0 Å². The van der Waals surface area contributed by atoms with Crippen LogP contribution in [0.25, 0.3) is 11.1 Å². The van der Waals surface area contributed by atoms with Gasteiger partial charge in [-0.05, 0) is 52.6 Å². The topological polar surface area (TPSA) is 20.2 Å². The third-order valence-electron chi connectivity index (χ3n) is 4.01. The highest BCUT2D eigenvalue weighted by Crippen LogP contribution is 2.41. The van der Waals surface area contributed by atoms with Crippen molar-refractivity contribution in [3.63, 3.8) is 0 Å². The van der Waals surface area contributed by atoms with E-state index in [9.17, 15) is 5.11 Å². The summed E-state index contributed by atoms with van der Waals surface area (Å²) in [6.45, 7) is 10.8. The van der Waals surface area contributed by atoms with Crippen LogP contribution in [0.5, 0.6) is 5.75 Å². The van der Waals surface area contributed by atoms with Crippen molar-refractivity contribution in [2.75, 3.05) is 0 Å². The summed E-state index contributed by atoms with van der Waals surface area (Å²) in [5.41, 5.74) is 5.97. The molecule has 0 unspecified atom stereocenters. The van der Waals surface area contributed by atoms with Crippen molar-refractivity contribution in [1.82, 2.24) is 0 Å². The van der Waals surface area contributed by atoms with Crippen molar-refractivity contribution in [3.05, 3.63) is 52.0 Å². The SMILES string of the molecule is Cc1c(-c2c(C(C)C)cccc2C(C)C)ccc(O)c1Cl. The minimum atomic E-state index is 0.144. The van der Waals surface area contributed by atoms with Crippen molar-refractivity contribution in [3.8, 4) is 16.9 Å². The molecule has 0 aliphatic carbocycles. The number of rotatable bonds is 3. The van der Waals surface area contributed by atoms with E-state index in [1.54, 1.807) is 6.07 Å². The Morgan fingerprint density at radius 3 is 1.90 bits per heavy atom. The molecule has 112 valence electrons. The van der Waals surface area contributed by atoms with E-state index in [1.807, 2.05) is 13.0 Å². The average Bonchev–Trinajstić information content (AvgIpc) is 2.44. The predicted molar refractivity (Wildman–Crippen MR) is 91.5 cm³/mol. The van der Waals surface area contributed by atoms with E-state index in [-0.39, 0.29) is 5.75 Å². The fourth-order valence-electron chi connectivity index (χ4n) is 2.80. The zero-order valence-corrected chi connectivity index (χ0v) is 14.1. The molecule has 0 atom stereocenters. The molecular weight excluding hydrogens is 280 g/mol. The van der Waals surface area contributed by atoms with Gasteiger partial charge in [-0.1, -0.05) is 63.6 Å². The molecule has 2 heteroatoms. The molecule has 1 N–H and O–H groups in total. The Morgan fingerprint density at radius 1 is 0.905 bits per heavy atom. The number of phenolic OH excluding ortho intramolecular Hbond substituents is 1. The highest BCUT2D eigenvalue weighted by Gasteiger charge is 2.18. The van der Waals surface area contributed by atoms with Gasteiger partial charge in [-0.25, -0.2) is 0 Å². The van der Waals surface area contributed by atoms with Crippen molar-refractivity contribution in [2.24, 2.45) is 0 Å². The standard InChI is InChI=1S/C19H23ClO/c1-11(2)14-7-6-8-15(12(3)4)18(14)16-9-10-17(21)19(20)13(16)5/h6-12,21H,1-5H3. The fourth-order valence-corrected chi connectivity index (χ4v) is 2.97. The van der Waals surface area contributed by atoms with E-state index < -0.39 is 0 Å². The first-order chi connectivity index (χ1) is 9.84. The Bertz CT molecular complexity index is 631. The minimum absolute atomic E-state index is 0.144. The predicted octanol–water partition coefficient (Wildman–Crippen LogP) is 6.27. The molecule has 0 aromatic heterocycles. The Hall–Kier alpha value is -1.47. The number of halogens is 1. The second-order valence-electron chi connectivity index (χ2n) is 6.19. The zero-order valence-electron chi connectivity index (χ0n) is 13.4. The lowest BCUT2D eigenvalue weighted by Crippen LogP contribution is -2.01. The molecule has 0 spiro atoms.